The molecule has 1 heterocycles. The predicted molar refractivity (Wildman–Crippen MR) is 101 cm³/mol. The van der Waals surface area contributed by atoms with Crippen LogP contribution < -0.4 is 15.5 Å². The third kappa shape index (κ3) is 3.42. The standard InChI is InChI=1S/C19H19BN2O4/c1-22(9-11-3-6-17(26-2)16(23)7-11)10-15-14-8-12(20)4-5-13(14)18(24)21-19(15)25/h3-8,10,23H,9,20H2,1-2H3,(H,21,24,25)/b15-10-. The van der Waals surface area contributed by atoms with Gasteiger partial charge < -0.3 is 14.7 Å². The van der Waals surface area contributed by atoms with Crippen molar-refractivity contribution in [2.45, 2.75) is 6.54 Å². The number of rotatable bonds is 4. The number of fused-ring (bicyclic) bond motifs is 1. The molecule has 2 N–H and O–H groups in total. The van der Waals surface area contributed by atoms with E-state index in [0.29, 0.717) is 29.0 Å². The third-order valence-corrected chi connectivity index (χ3v) is 4.21. The summed E-state index contributed by atoms with van der Waals surface area (Å²) in [4.78, 5) is 26.2. The quantitative estimate of drug-likeness (QED) is 0.474. The SMILES string of the molecule is Bc1ccc2c(c1)/C(=C/N(C)Cc1ccc(OC)c(O)c1)C(=O)NC2=O. The first-order valence-corrected chi connectivity index (χ1v) is 8.13. The molecule has 0 bridgehead atoms. The smallest absolute Gasteiger partial charge is 0.260 e. The van der Waals surface area contributed by atoms with Gasteiger partial charge >= 0.3 is 0 Å². The van der Waals surface area contributed by atoms with Crippen LogP contribution >= 0.6 is 0 Å². The van der Waals surface area contributed by atoms with Gasteiger partial charge in [-0.05, 0) is 23.8 Å². The van der Waals surface area contributed by atoms with Crippen molar-refractivity contribution in [1.29, 1.82) is 0 Å². The second kappa shape index (κ2) is 6.96. The van der Waals surface area contributed by atoms with Gasteiger partial charge in [0.05, 0.1) is 12.7 Å². The number of imide groups is 1. The number of hydrogen-bond acceptors (Lipinski definition) is 5. The Bertz CT molecular complexity index is 924. The molecule has 7 heteroatoms. The van der Waals surface area contributed by atoms with Crippen LogP contribution in [0.25, 0.3) is 5.57 Å². The van der Waals surface area contributed by atoms with Crippen LogP contribution in [0.5, 0.6) is 11.5 Å². The van der Waals surface area contributed by atoms with Gasteiger partial charge in [-0.1, -0.05) is 23.7 Å². The molecule has 0 aromatic heterocycles. The molecule has 1 aliphatic heterocycles. The first-order valence-electron chi connectivity index (χ1n) is 8.13. The number of methoxy groups -OCH3 is 1. The number of nitrogens with one attached hydrogen (secondary N) is 1. The average molecular weight is 350 g/mol. The van der Waals surface area contributed by atoms with Gasteiger partial charge in [-0.2, -0.15) is 0 Å². The zero-order valence-corrected chi connectivity index (χ0v) is 14.9. The van der Waals surface area contributed by atoms with Crippen LogP contribution in [-0.4, -0.2) is 43.8 Å². The van der Waals surface area contributed by atoms with Crippen LogP contribution in [0.3, 0.4) is 0 Å². The Balaban J connectivity index is 1.90. The molecular formula is C19H19BN2O4. The summed E-state index contributed by atoms with van der Waals surface area (Å²) < 4.78 is 5.04. The Morgan fingerprint density at radius 3 is 2.62 bits per heavy atom. The number of phenols is 1. The lowest BCUT2D eigenvalue weighted by Gasteiger charge is -2.22. The Labute approximate surface area is 152 Å². The summed E-state index contributed by atoms with van der Waals surface area (Å²) in [5.74, 6) is -0.334. The summed E-state index contributed by atoms with van der Waals surface area (Å²) in [6.07, 6.45) is 1.71. The number of aromatic hydroxyl groups is 1. The fourth-order valence-corrected chi connectivity index (χ4v) is 2.96. The minimum atomic E-state index is -0.419. The molecule has 2 amide bonds. The molecule has 26 heavy (non-hydrogen) atoms. The number of benzene rings is 2. The van der Waals surface area contributed by atoms with Crippen LogP contribution in [-0.2, 0) is 11.3 Å². The molecular weight excluding hydrogens is 331 g/mol. The van der Waals surface area contributed by atoms with E-state index in [0.717, 1.165) is 11.0 Å². The van der Waals surface area contributed by atoms with E-state index in [1.807, 2.05) is 38.0 Å². The Kier molecular flexibility index (Phi) is 4.71. The number of phenolic OH excluding ortho intramolecular Hbond substituents is 1. The molecule has 0 saturated heterocycles. The lowest BCUT2D eigenvalue weighted by Crippen LogP contribution is -2.37. The fraction of sp³-hybridized carbons (Fsp3) is 0.158. The van der Waals surface area contributed by atoms with Crippen molar-refractivity contribution in [2.75, 3.05) is 14.2 Å². The molecule has 2 aromatic carbocycles. The van der Waals surface area contributed by atoms with Gasteiger partial charge in [-0.25, -0.2) is 0 Å². The molecule has 0 atom stereocenters. The molecule has 0 unspecified atom stereocenters. The largest absolute Gasteiger partial charge is 0.504 e. The third-order valence-electron chi connectivity index (χ3n) is 4.21. The molecule has 2 aromatic rings. The summed E-state index contributed by atoms with van der Waals surface area (Å²) in [7, 11) is 5.24. The van der Waals surface area contributed by atoms with Crippen molar-refractivity contribution in [1.82, 2.24) is 10.2 Å². The highest BCUT2D eigenvalue weighted by Crippen LogP contribution is 2.27. The molecule has 0 radical (unpaired) electrons. The zero-order valence-electron chi connectivity index (χ0n) is 14.9. The predicted octanol–water partition coefficient (Wildman–Crippen LogP) is 0.402. The van der Waals surface area contributed by atoms with Crippen LogP contribution in [0.4, 0.5) is 0 Å². The number of nitrogens with zero attached hydrogens (tertiary/aromatic N) is 1. The summed E-state index contributed by atoms with van der Waals surface area (Å²) in [6, 6.07) is 10.6. The summed E-state index contributed by atoms with van der Waals surface area (Å²) >= 11 is 0. The Morgan fingerprint density at radius 2 is 1.92 bits per heavy atom. The molecule has 6 nitrogen and oxygen atoms in total. The van der Waals surface area contributed by atoms with Crippen molar-refractivity contribution in [3.8, 4) is 11.5 Å². The van der Waals surface area contributed by atoms with E-state index in [4.69, 9.17) is 4.74 Å². The van der Waals surface area contributed by atoms with Gasteiger partial charge in [0.15, 0.2) is 11.5 Å². The first kappa shape index (κ1) is 17.6. The normalized spacial score (nSPS) is 14.8. The van der Waals surface area contributed by atoms with Crippen molar-refractivity contribution < 1.29 is 19.4 Å². The molecule has 3 rings (SSSR count). The molecule has 0 aliphatic carbocycles. The fourth-order valence-electron chi connectivity index (χ4n) is 2.96. The molecule has 132 valence electrons. The monoisotopic (exact) mass is 350 g/mol. The van der Waals surface area contributed by atoms with Crippen molar-refractivity contribution in [2.24, 2.45) is 0 Å². The van der Waals surface area contributed by atoms with Crippen LogP contribution in [0.2, 0.25) is 0 Å². The van der Waals surface area contributed by atoms with Crippen molar-refractivity contribution >= 4 is 30.7 Å². The van der Waals surface area contributed by atoms with Crippen LogP contribution in [0.15, 0.2) is 42.6 Å². The first-order chi connectivity index (χ1) is 12.4. The van der Waals surface area contributed by atoms with Gasteiger partial charge in [0, 0.05) is 30.9 Å². The van der Waals surface area contributed by atoms with Gasteiger partial charge in [0.1, 0.15) is 7.85 Å². The van der Waals surface area contributed by atoms with Crippen LogP contribution in [0, 0.1) is 0 Å². The van der Waals surface area contributed by atoms with E-state index in [-0.39, 0.29) is 11.7 Å². The topological polar surface area (TPSA) is 78.9 Å². The maximum atomic E-state index is 12.3. The second-order valence-electron chi connectivity index (χ2n) is 6.30. The number of hydrogen-bond donors (Lipinski definition) is 2. The van der Waals surface area contributed by atoms with E-state index >= 15 is 0 Å². The van der Waals surface area contributed by atoms with Crippen LogP contribution in [0.1, 0.15) is 21.5 Å². The summed E-state index contributed by atoms with van der Waals surface area (Å²) in [6.45, 7) is 0.476. The number of carbonyl (C=O) groups is 2. The van der Waals surface area contributed by atoms with E-state index in [2.05, 4.69) is 5.32 Å². The second-order valence-corrected chi connectivity index (χ2v) is 6.30. The average Bonchev–Trinajstić information content (AvgIpc) is 2.58. The highest BCUT2D eigenvalue weighted by molar-refractivity contribution is 6.35. The minimum absolute atomic E-state index is 0.0630. The van der Waals surface area contributed by atoms with E-state index in [1.165, 1.54) is 7.11 Å². The zero-order chi connectivity index (χ0) is 18.8. The highest BCUT2D eigenvalue weighted by Gasteiger charge is 2.27. The van der Waals surface area contributed by atoms with Crippen molar-refractivity contribution in [3.63, 3.8) is 0 Å². The molecule has 0 fully saturated rings. The van der Waals surface area contributed by atoms with Gasteiger partial charge in [0.2, 0.25) is 0 Å². The number of carbonyl (C=O) groups excluding carboxylic acids is 2. The Morgan fingerprint density at radius 1 is 1.15 bits per heavy atom. The minimum Gasteiger partial charge on any atom is -0.504 e. The molecule has 0 saturated carbocycles. The lowest BCUT2D eigenvalue weighted by atomic mass is 9.87. The lowest BCUT2D eigenvalue weighted by molar-refractivity contribution is -0.114. The van der Waals surface area contributed by atoms with Crippen molar-refractivity contribution in [3.05, 3.63) is 59.3 Å². The number of amides is 2. The molecule has 0 spiro atoms. The van der Waals surface area contributed by atoms with E-state index in [9.17, 15) is 14.7 Å². The maximum Gasteiger partial charge on any atom is 0.260 e. The summed E-state index contributed by atoms with van der Waals surface area (Å²) in [5.41, 5.74) is 3.38. The molecule has 1 aliphatic rings. The summed E-state index contributed by atoms with van der Waals surface area (Å²) in [5, 5.41) is 12.3. The number of ether oxygens (including phenoxy) is 1. The van der Waals surface area contributed by atoms with Gasteiger partial charge in [-0.15, -0.1) is 0 Å². The van der Waals surface area contributed by atoms with Gasteiger partial charge in [-0.3, -0.25) is 14.9 Å². The highest BCUT2D eigenvalue weighted by atomic mass is 16.5. The maximum absolute atomic E-state index is 12.3. The van der Waals surface area contributed by atoms with E-state index in [1.54, 1.807) is 24.4 Å². The van der Waals surface area contributed by atoms with Gasteiger partial charge in [0.25, 0.3) is 11.8 Å². The Hall–Kier alpha value is -3.22. The van der Waals surface area contributed by atoms with E-state index < -0.39 is 5.91 Å².